The van der Waals surface area contributed by atoms with E-state index in [0.29, 0.717) is 33.8 Å². The smallest absolute Gasteiger partial charge is 0.131 e. The molecule has 0 fully saturated rings. The van der Waals surface area contributed by atoms with Crippen molar-refractivity contribution < 1.29 is 9.13 Å². The van der Waals surface area contributed by atoms with Crippen molar-refractivity contribution in [1.82, 2.24) is 8.75 Å². The summed E-state index contributed by atoms with van der Waals surface area (Å²) in [6.45, 7) is 6.84. The van der Waals surface area contributed by atoms with Gasteiger partial charge in [0.25, 0.3) is 0 Å². The molecule has 0 saturated heterocycles. The largest absolute Gasteiger partial charge is 0.494 e. The highest BCUT2D eigenvalue weighted by Crippen LogP contribution is 2.35. The van der Waals surface area contributed by atoms with Crippen LogP contribution in [0.5, 0.6) is 5.75 Å². The third-order valence-electron chi connectivity index (χ3n) is 4.58. The predicted octanol–water partition coefficient (Wildman–Crippen LogP) is 8.02. The topological polar surface area (TPSA) is 35.0 Å². The number of ether oxygens (including phenoxy) is 1. The summed E-state index contributed by atoms with van der Waals surface area (Å²) in [7, 11) is 0. The van der Waals surface area contributed by atoms with E-state index in [-0.39, 0.29) is 5.82 Å². The Morgan fingerprint density at radius 3 is 2.27 bits per heavy atom. The van der Waals surface area contributed by atoms with E-state index in [2.05, 4.69) is 15.7 Å². The molecule has 1 heterocycles. The molecule has 0 atom stereocenters. The van der Waals surface area contributed by atoms with E-state index in [1.165, 1.54) is 0 Å². The normalized spacial score (nSPS) is 10.6. The van der Waals surface area contributed by atoms with Gasteiger partial charge in [-0.15, -0.1) is 0 Å². The van der Waals surface area contributed by atoms with Crippen LogP contribution in [0.25, 0.3) is 33.3 Å². The molecule has 4 aromatic rings. The second kappa shape index (κ2) is 10.5. The van der Waals surface area contributed by atoms with Crippen molar-refractivity contribution in [3.63, 3.8) is 0 Å². The van der Waals surface area contributed by atoms with Gasteiger partial charge in [0, 0.05) is 11.1 Å². The number of aromatic nitrogens is 2. The first kappa shape index (κ1) is 22.2. The molecular weight excluding hydrogens is 419 g/mol. The number of nitrogens with zero attached hydrogens (tertiary/aromatic N) is 2. The lowest BCUT2D eigenvalue weighted by Crippen LogP contribution is -1.96. The standard InChI is InChI=1S/C22H18ClFN2OS.C2H6/c1-2-3-12-27-16-7-4-14(5-8-16)15-6-9-17(20(24)13-15)18-10-11-19(23)22-21(18)25-28-26-22;1-2/h4-11,13H,2-3,12H2,1H3;1-2H3. The Kier molecular flexibility index (Phi) is 7.77. The average Bonchev–Trinajstić information content (AvgIpc) is 3.28. The minimum atomic E-state index is -0.308. The SMILES string of the molecule is CC.CCCCOc1ccc(-c2ccc(-c3ccc(Cl)c4nsnc34)c(F)c2)cc1. The van der Waals surface area contributed by atoms with Crippen LogP contribution in [0.1, 0.15) is 33.6 Å². The minimum Gasteiger partial charge on any atom is -0.494 e. The average molecular weight is 443 g/mol. The summed E-state index contributed by atoms with van der Waals surface area (Å²) >= 11 is 7.23. The molecule has 0 saturated carbocycles. The molecule has 0 aliphatic carbocycles. The van der Waals surface area contributed by atoms with Crippen LogP contribution in [0.2, 0.25) is 5.02 Å². The molecule has 3 aromatic carbocycles. The fraction of sp³-hybridized carbons (Fsp3) is 0.250. The summed E-state index contributed by atoms with van der Waals surface area (Å²) in [5, 5.41) is 0.519. The fourth-order valence-corrected chi connectivity index (χ4v) is 3.86. The predicted molar refractivity (Wildman–Crippen MR) is 125 cm³/mol. The Hall–Kier alpha value is -2.50. The fourth-order valence-electron chi connectivity index (χ4n) is 3.04. The summed E-state index contributed by atoms with van der Waals surface area (Å²) in [5.74, 6) is 0.520. The third kappa shape index (κ3) is 4.79. The van der Waals surface area contributed by atoms with Gasteiger partial charge in [-0.05, 0) is 41.8 Å². The van der Waals surface area contributed by atoms with Gasteiger partial charge >= 0.3 is 0 Å². The van der Waals surface area contributed by atoms with Crippen molar-refractivity contribution in [1.29, 1.82) is 0 Å². The molecule has 6 heteroatoms. The molecule has 0 spiro atoms. The Morgan fingerprint density at radius 2 is 1.57 bits per heavy atom. The van der Waals surface area contributed by atoms with Gasteiger partial charge in [0.1, 0.15) is 22.6 Å². The first-order chi connectivity index (χ1) is 14.7. The van der Waals surface area contributed by atoms with Crippen molar-refractivity contribution in [2.45, 2.75) is 33.6 Å². The summed E-state index contributed by atoms with van der Waals surface area (Å²) in [6, 6.07) is 16.5. The Balaban J connectivity index is 0.00000124. The molecular formula is C24H24ClFN2OS. The van der Waals surface area contributed by atoms with Crippen LogP contribution in [0, 0.1) is 5.82 Å². The Labute approximate surface area is 185 Å². The molecule has 0 aliphatic rings. The van der Waals surface area contributed by atoms with E-state index in [4.69, 9.17) is 16.3 Å². The van der Waals surface area contributed by atoms with E-state index in [1.807, 2.05) is 44.2 Å². The van der Waals surface area contributed by atoms with Crippen LogP contribution < -0.4 is 4.74 Å². The highest BCUT2D eigenvalue weighted by Gasteiger charge is 2.14. The van der Waals surface area contributed by atoms with Crippen LogP contribution in [-0.2, 0) is 0 Å². The molecule has 0 amide bonds. The molecule has 0 bridgehead atoms. The highest BCUT2D eigenvalue weighted by atomic mass is 35.5. The van der Waals surface area contributed by atoms with Crippen molar-refractivity contribution in [2.75, 3.05) is 6.61 Å². The second-order valence-corrected chi connectivity index (χ2v) is 7.41. The van der Waals surface area contributed by atoms with E-state index < -0.39 is 0 Å². The van der Waals surface area contributed by atoms with Crippen molar-refractivity contribution in [3.8, 4) is 28.0 Å². The van der Waals surface area contributed by atoms with Crippen molar-refractivity contribution >= 4 is 34.4 Å². The van der Waals surface area contributed by atoms with E-state index >= 15 is 0 Å². The number of unbranched alkanes of at least 4 members (excludes halogenated alkanes) is 1. The minimum absolute atomic E-state index is 0.308. The molecule has 0 aliphatic heterocycles. The zero-order chi connectivity index (χ0) is 21.5. The number of hydrogen-bond donors (Lipinski definition) is 0. The van der Waals surface area contributed by atoms with Gasteiger partial charge in [0.15, 0.2) is 0 Å². The molecule has 30 heavy (non-hydrogen) atoms. The van der Waals surface area contributed by atoms with Gasteiger partial charge in [-0.1, -0.05) is 69.1 Å². The maximum absolute atomic E-state index is 14.9. The van der Waals surface area contributed by atoms with Crippen LogP contribution in [0.4, 0.5) is 4.39 Å². The number of benzene rings is 3. The first-order valence-corrected chi connectivity index (χ1v) is 11.2. The lowest BCUT2D eigenvalue weighted by molar-refractivity contribution is 0.309. The highest BCUT2D eigenvalue weighted by molar-refractivity contribution is 7.00. The lowest BCUT2D eigenvalue weighted by Gasteiger charge is -2.09. The summed E-state index contributed by atoms with van der Waals surface area (Å²) in [5.41, 5.74) is 4.14. The molecule has 3 nitrogen and oxygen atoms in total. The quantitative estimate of drug-likeness (QED) is 0.283. The van der Waals surface area contributed by atoms with E-state index in [0.717, 1.165) is 41.4 Å². The van der Waals surface area contributed by atoms with E-state index in [9.17, 15) is 4.39 Å². The lowest BCUT2D eigenvalue weighted by atomic mass is 9.98. The third-order valence-corrected chi connectivity index (χ3v) is 5.41. The second-order valence-electron chi connectivity index (χ2n) is 6.48. The van der Waals surface area contributed by atoms with Crippen LogP contribution in [-0.4, -0.2) is 15.4 Å². The number of halogens is 2. The maximum Gasteiger partial charge on any atom is 0.131 e. The van der Waals surface area contributed by atoms with Crippen LogP contribution in [0.15, 0.2) is 54.6 Å². The first-order valence-electron chi connectivity index (χ1n) is 10.1. The van der Waals surface area contributed by atoms with Crippen LogP contribution in [0.3, 0.4) is 0 Å². The molecule has 0 radical (unpaired) electrons. The molecule has 0 unspecified atom stereocenters. The summed E-state index contributed by atoms with van der Waals surface area (Å²) in [4.78, 5) is 0. The zero-order valence-corrected chi connectivity index (χ0v) is 18.9. The summed E-state index contributed by atoms with van der Waals surface area (Å²) in [6.07, 6.45) is 2.13. The molecule has 4 rings (SSSR count). The summed E-state index contributed by atoms with van der Waals surface area (Å²) < 4.78 is 29.1. The number of rotatable bonds is 6. The zero-order valence-electron chi connectivity index (χ0n) is 17.3. The van der Waals surface area contributed by atoms with Gasteiger partial charge in [0.2, 0.25) is 0 Å². The Morgan fingerprint density at radius 1 is 0.900 bits per heavy atom. The van der Waals surface area contributed by atoms with Gasteiger partial charge in [0.05, 0.1) is 23.4 Å². The Bertz CT molecular complexity index is 1110. The maximum atomic E-state index is 14.9. The van der Waals surface area contributed by atoms with Gasteiger partial charge < -0.3 is 4.74 Å². The monoisotopic (exact) mass is 442 g/mol. The number of fused-ring (bicyclic) bond motifs is 1. The molecule has 0 N–H and O–H groups in total. The molecule has 1 aromatic heterocycles. The number of hydrogen-bond acceptors (Lipinski definition) is 4. The van der Waals surface area contributed by atoms with Gasteiger partial charge in [-0.3, -0.25) is 0 Å². The molecule has 156 valence electrons. The van der Waals surface area contributed by atoms with Crippen LogP contribution >= 0.6 is 23.3 Å². The van der Waals surface area contributed by atoms with Gasteiger partial charge in [-0.25, -0.2) is 4.39 Å². The van der Waals surface area contributed by atoms with Gasteiger partial charge in [-0.2, -0.15) is 8.75 Å². The van der Waals surface area contributed by atoms with E-state index in [1.54, 1.807) is 24.3 Å². The van der Waals surface area contributed by atoms with Crippen molar-refractivity contribution in [3.05, 3.63) is 65.4 Å². The van der Waals surface area contributed by atoms with Crippen molar-refractivity contribution in [2.24, 2.45) is 0 Å².